The molecule has 0 amide bonds. The lowest BCUT2D eigenvalue weighted by molar-refractivity contribution is 0.104. The minimum absolute atomic E-state index is 0.258. The Labute approximate surface area is 194 Å². The number of ether oxygens (including phenoxy) is 1. The molecule has 8 heteroatoms. The number of aliphatic hydroxyl groups excluding tert-OH is 2. The van der Waals surface area contributed by atoms with Gasteiger partial charge in [-0.2, -0.15) is 0 Å². The highest BCUT2D eigenvalue weighted by atomic mass is 35.5. The largest absolute Gasteiger partial charge is 0.496 e. The Morgan fingerprint density at radius 2 is 1.97 bits per heavy atom. The van der Waals surface area contributed by atoms with Crippen molar-refractivity contribution in [3.05, 3.63) is 81.0 Å². The molecule has 32 heavy (non-hydrogen) atoms. The summed E-state index contributed by atoms with van der Waals surface area (Å²) in [6.45, 7) is 1.40. The fraction of sp³-hybridized carbons (Fsp3) is 0.167. The van der Waals surface area contributed by atoms with Crippen LogP contribution in [0.2, 0.25) is 5.02 Å². The number of benzene rings is 2. The van der Waals surface area contributed by atoms with Crippen LogP contribution >= 0.6 is 22.9 Å². The molecule has 4 rings (SSSR count). The number of carbonyl (C=O) groups is 1. The van der Waals surface area contributed by atoms with E-state index >= 15 is 0 Å². The summed E-state index contributed by atoms with van der Waals surface area (Å²) in [5.41, 5.74) is 3.70. The molecule has 0 spiro atoms. The Morgan fingerprint density at radius 1 is 1.22 bits per heavy atom. The van der Waals surface area contributed by atoms with Crippen molar-refractivity contribution in [3.8, 4) is 17.0 Å². The molecule has 4 aromatic rings. The monoisotopic (exact) mass is 468 g/mol. The van der Waals surface area contributed by atoms with E-state index < -0.39 is 0 Å². The molecular formula is C24H21ClN2O4S. The first-order chi connectivity index (χ1) is 15.4. The van der Waals surface area contributed by atoms with Gasteiger partial charge in [-0.3, -0.25) is 9.20 Å². The predicted molar refractivity (Wildman–Crippen MR) is 126 cm³/mol. The van der Waals surface area contributed by atoms with E-state index in [0.29, 0.717) is 27.5 Å². The molecular weight excluding hydrogens is 448 g/mol. The molecule has 0 radical (unpaired) electrons. The predicted octanol–water partition coefficient (Wildman–Crippen LogP) is 4.91. The number of fused-ring (bicyclic) bond motifs is 1. The fourth-order valence-corrected chi connectivity index (χ4v) is 4.51. The molecule has 0 saturated carbocycles. The Balaban J connectivity index is 1.76. The number of carbonyl (C=O) groups excluding carboxylic acids is 1. The van der Waals surface area contributed by atoms with Crippen LogP contribution in [0.5, 0.6) is 5.75 Å². The van der Waals surface area contributed by atoms with Crippen LogP contribution in [0.3, 0.4) is 0 Å². The highest BCUT2D eigenvalue weighted by Crippen LogP contribution is 2.31. The number of nitrogens with zero attached hydrogens (tertiary/aromatic N) is 2. The first-order valence-electron chi connectivity index (χ1n) is 9.83. The third-order valence-corrected chi connectivity index (χ3v) is 6.27. The van der Waals surface area contributed by atoms with Gasteiger partial charge in [-0.1, -0.05) is 23.7 Å². The second-order valence-electron chi connectivity index (χ2n) is 7.18. The number of imidazole rings is 1. The van der Waals surface area contributed by atoms with Gasteiger partial charge < -0.3 is 14.9 Å². The minimum atomic E-state index is -0.310. The van der Waals surface area contributed by atoms with E-state index in [1.807, 2.05) is 29.7 Å². The van der Waals surface area contributed by atoms with Gasteiger partial charge in [0.2, 0.25) is 0 Å². The maximum atomic E-state index is 13.0. The van der Waals surface area contributed by atoms with Crippen LogP contribution in [0.15, 0.2) is 48.7 Å². The summed E-state index contributed by atoms with van der Waals surface area (Å²) in [6, 6.07) is 10.5. The van der Waals surface area contributed by atoms with Crippen LogP contribution in [-0.4, -0.2) is 32.5 Å². The average molecular weight is 469 g/mol. The van der Waals surface area contributed by atoms with Gasteiger partial charge in [0.25, 0.3) is 0 Å². The number of aliphatic hydroxyl groups is 2. The van der Waals surface area contributed by atoms with Gasteiger partial charge in [0, 0.05) is 32.8 Å². The fourth-order valence-electron chi connectivity index (χ4n) is 3.55. The summed E-state index contributed by atoms with van der Waals surface area (Å²) in [7, 11) is 1.46. The molecule has 0 aliphatic rings. The standard InChI is InChI=1S/C24H21ClN2O4S/c1-14-11-27-20(23(26-24(27)32-14)15-3-5-18(25)6-4-15)7-8-21(30)16-9-17(12-28)19(13-29)22(10-16)31-2/h3-11,28-29H,12-13H2,1-2H3. The summed E-state index contributed by atoms with van der Waals surface area (Å²) in [6.07, 6.45) is 5.20. The number of allylic oxidation sites excluding steroid dienone is 1. The highest BCUT2D eigenvalue weighted by Gasteiger charge is 2.16. The number of halogens is 1. The number of ketones is 1. The van der Waals surface area contributed by atoms with E-state index in [4.69, 9.17) is 21.3 Å². The maximum Gasteiger partial charge on any atom is 0.194 e. The van der Waals surface area contributed by atoms with Gasteiger partial charge in [-0.25, -0.2) is 4.98 Å². The second-order valence-corrected chi connectivity index (χ2v) is 8.83. The Bertz CT molecular complexity index is 1300. The van der Waals surface area contributed by atoms with Crippen molar-refractivity contribution in [2.24, 2.45) is 0 Å². The zero-order valence-electron chi connectivity index (χ0n) is 17.5. The van der Waals surface area contributed by atoms with Crippen LogP contribution in [0.4, 0.5) is 0 Å². The number of thiazole rings is 1. The van der Waals surface area contributed by atoms with Gasteiger partial charge in [0.05, 0.1) is 31.7 Å². The summed E-state index contributed by atoms with van der Waals surface area (Å²) in [5.74, 6) is 0.101. The van der Waals surface area contributed by atoms with E-state index in [-0.39, 0.29) is 19.0 Å². The van der Waals surface area contributed by atoms with E-state index in [9.17, 15) is 15.0 Å². The van der Waals surface area contributed by atoms with Crippen molar-refractivity contribution in [2.45, 2.75) is 20.1 Å². The van der Waals surface area contributed by atoms with Gasteiger partial charge >= 0.3 is 0 Å². The Hall–Kier alpha value is -2.97. The molecule has 2 N–H and O–H groups in total. The van der Waals surface area contributed by atoms with Crippen LogP contribution in [-0.2, 0) is 13.2 Å². The molecule has 2 aromatic carbocycles. The molecule has 0 atom stereocenters. The number of aryl methyl sites for hydroxylation is 1. The van der Waals surface area contributed by atoms with E-state index in [0.717, 1.165) is 26.8 Å². The van der Waals surface area contributed by atoms with Gasteiger partial charge in [-0.05, 0) is 48.9 Å². The molecule has 2 heterocycles. The van der Waals surface area contributed by atoms with Gasteiger partial charge in [-0.15, -0.1) is 11.3 Å². The molecule has 2 aromatic heterocycles. The van der Waals surface area contributed by atoms with Crippen LogP contribution in [0, 0.1) is 6.92 Å². The number of hydrogen-bond acceptors (Lipinski definition) is 6. The summed E-state index contributed by atoms with van der Waals surface area (Å²) in [4.78, 5) is 19.7. The first-order valence-corrected chi connectivity index (χ1v) is 11.0. The average Bonchev–Trinajstić information content (AvgIpc) is 3.32. The number of methoxy groups -OCH3 is 1. The van der Waals surface area contributed by atoms with E-state index in [1.54, 1.807) is 41.7 Å². The molecule has 164 valence electrons. The maximum absolute atomic E-state index is 13.0. The summed E-state index contributed by atoms with van der Waals surface area (Å²) < 4.78 is 7.26. The molecule has 0 fully saturated rings. The van der Waals surface area contributed by atoms with Gasteiger partial charge in [0.1, 0.15) is 5.75 Å². The molecule has 0 aliphatic carbocycles. The molecule has 6 nitrogen and oxygen atoms in total. The first kappa shape index (κ1) is 22.2. The van der Waals surface area contributed by atoms with Crippen molar-refractivity contribution >= 4 is 39.8 Å². The molecule has 0 unspecified atom stereocenters. The van der Waals surface area contributed by atoms with Crippen molar-refractivity contribution in [1.29, 1.82) is 0 Å². The Kier molecular flexibility index (Phi) is 6.43. The zero-order chi connectivity index (χ0) is 22.8. The smallest absolute Gasteiger partial charge is 0.194 e. The Morgan fingerprint density at radius 3 is 2.62 bits per heavy atom. The third kappa shape index (κ3) is 4.20. The van der Waals surface area contributed by atoms with Crippen molar-refractivity contribution in [3.63, 3.8) is 0 Å². The SMILES string of the molecule is COc1cc(C(=O)C=Cc2c(-c3ccc(Cl)cc3)nc3sc(C)cn23)cc(CO)c1CO. The van der Waals surface area contributed by atoms with Crippen LogP contribution < -0.4 is 4.74 Å². The second kappa shape index (κ2) is 9.26. The zero-order valence-corrected chi connectivity index (χ0v) is 19.1. The normalized spacial score (nSPS) is 11.5. The lowest BCUT2D eigenvalue weighted by Crippen LogP contribution is -2.04. The van der Waals surface area contributed by atoms with Gasteiger partial charge in [0.15, 0.2) is 10.7 Å². The number of rotatable bonds is 7. The molecule has 0 bridgehead atoms. The number of hydrogen-bond donors (Lipinski definition) is 2. The lowest BCUT2D eigenvalue weighted by atomic mass is 10.0. The van der Waals surface area contributed by atoms with Crippen molar-refractivity contribution in [2.75, 3.05) is 7.11 Å². The minimum Gasteiger partial charge on any atom is -0.496 e. The summed E-state index contributed by atoms with van der Waals surface area (Å²) in [5, 5.41) is 19.9. The van der Waals surface area contributed by atoms with Crippen molar-refractivity contribution < 1.29 is 19.7 Å². The quantitative estimate of drug-likeness (QED) is 0.297. The van der Waals surface area contributed by atoms with Crippen molar-refractivity contribution in [1.82, 2.24) is 9.38 Å². The van der Waals surface area contributed by atoms with E-state index in [2.05, 4.69) is 0 Å². The lowest BCUT2D eigenvalue weighted by Gasteiger charge is -2.12. The highest BCUT2D eigenvalue weighted by molar-refractivity contribution is 7.17. The molecule has 0 aliphatic heterocycles. The van der Waals surface area contributed by atoms with E-state index in [1.165, 1.54) is 13.2 Å². The van der Waals surface area contributed by atoms with Crippen LogP contribution in [0.1, 0.15) is 32.1 Å². The number of aromatic nitrogens is 2. The summed E-state index contributed by atoms with van der Waals surface area (Å²) >= 11 is 7.60. The van der Waals surface area contributed by atoms with Crippen LogP contribution in [0.25, 0.3) is 22.3 Å². The third-order valence-electron chi connectivity index (χ3n) is 5.12. The topological polar surface area (TPSA) is 84.1 Å². The molecule has 0 saturated heterocycles.